The summed E-state index contributed by atoms with van der Waals surface area (Å²) in [7, 11) is 0. The first-order valence-electron chi connectivity index (χ1n) is 18.4. The van der Waals surface area contributed by atoms with Gasteiger partial charge in [0.15, 0.2) is 18.3 Å². The van der Waals surface area contributed by atoms with Crippen LogP contribution in [0.2, 0.25) is 0 Å². The Bertz CT molecular complexity index is 1060. The van der Waals surface area contributed by atoms with Gasteiger partial charge in [0, 0.05) is 41.0 Å². The first-order chi connectivity index (χ1) is 27.2. The zero-order chi connectivity index (χ0) is 45.9. The van der Waals surface area contributed by atoms with Crippen molar-refractivity contribution in [2.24, 2.45) is 11.5 Å². The summed E-state index contributed by atoms with van der Waals surface area (Å²) in [6.45, 7) is 17.5. The van der Waals surface area contributed by atoms with Crippen LogP contribution < -0.4 is 11.5 Å². The highest BCUT2D eigenvalue weighted by molar-refractivity contribution is 5.69. The molecule has 4 atom stereocenters. The van der Waals surface area contributed by atoms with Gasteiger partial charge in [-0.3, -0.25) is 28.8 Å². The van der Waals surface area contributed by atoms with E-state index in [-0.39, 0.29) is 58.8 Å². The van der Waals surface area contributed by atoms with Gasteiger partial charge >= 0.3 is 48.1 Å². The molecule has 6 N–H and O–H groups in total. The number of nitrogens with two attached hydrogens (primary N) is 2. The van der Waals surface area contributed by atoms with Crippen LogP contribution in [0.4, 0.5) is 9.59 Å². The molecule has 0 aliphatic carbocycles. The van der Waals surface area contributed by atoms with Crippen molar-refractivity contribution in [1.29, 1.82) is 0 Å². The predicted molar refractivity (Wildman–Crippen MR) is 204 cm³/mol. The smallest absolute Gasteiger partial charge is 0.463 e. The van der Waals surface area contributed by atoms with Crippen molar-refractivity contribution in [1.82, 2.24) is 0 Å². The van der Waals surface area contributed by atoms with E-state index in [9.17, 15) is 38.4 Å². The average molecular weight is 849 g/mol. The molecule has 58 heavy (non-hydrogen) atoms. The zero-order valence-electron chi connectivity index (χ0n) is 35.6. The molecule has 22 nitrogen and oxygen atoms in total. The minimum atomic E-state index is -0.945. The van der Waals surface area contributed by atoms with Gasteiger partial charge in [-0.05, 0) is 19.5 Å². The quantitative estimate of drug-likeness (QED) is 0.134. The number of esters is 6. The highest BCUT2D eigenvalue weighted by Crippen LogP contribution is 2.07. The first-order valence-corrected chi connectivity index (χ1v) is 18.4. The van der Waals surface area contributed by atoms with Crippen molar-refractivity contribution >= 4 is 48.1 Å². The van der Waals surface area contributed by atoms with E-state index < -0.39 is 66.6 Å². The van der Waals surface area contributed by atoms with Gasteiger partial charge in [0.1, 0.15) is 52.4 Å². The third-order valence-corrected chi connectivity index (χ3v) is 5.12. The summed E-state index contributed by atoms with van der Waals surface area (Å²) in [4.78, 5) is 83.1. The fraction of sp³-hybridized carbons (Fsp3) is 0.778. The molecule has 0 spiro atoms. The molecular formula is C36H68N2O20. The SMILES string of the molecule is CC(=O)OCC(CO)OC(C)=O.CC(=O)OCC1COC(=O)O1.CC(=O)OCC1COC(=O)O1.CCCC.CCCC(=O)OCC(O)COC(C)=O.CCN.CCN. The number of ether oxygens (including phenoxy) is 10. The van der Waals surface area contributed by atoms with Crippen LogP contribution in [0.15, 0.2) is 0 Å². The van der Waals surface area contributed by atoms with Crippen LogP contribution in [-0.4, -0.2) is 149 Å². The maximum absolute atomic E-state index is 10.8. The Morgan fingerprint density at radius 2 is 0.983 bits per heavy atom. The van der Waals surface area contributed by atoms with E-state index in [2.05, 4.69) is 56.5 Å². The highest BCUT2D eigenvalue weighted by Gasteiger charge is 2.26. The van der Waals surface area contributed by atoms with E-state index >= 15 is 0 Å². The predicted octanol–water partition coefficient (Wildman–Crippen LogP) is 1.63. The Morgan fingerprint density at radius 3 is 1.26 bits per heavy atom. The molecule has 0 saturated carbocycles. The van der Waals surface area contributed by atoms with Crippen molar-refractivity contribution in [2.75, 3.05) is 65.9 Å². The number of unbranched alkanes of at least 4 members (excludes halogenated alkanes) is 1. The van der Waals surface area contributed by atoms with Gasteiger partial charge in [-0.1, -0.05) is 47.5 Å². The van der Waals surface area contributed by atoms with E-state index in [0.717, 1.165) is 13.1 Å². The van der Waals surface area contributed by atoms with Crippen molar-refractivity contribution < 1.29 is 95.9 Å². The number of rotatable bonds is 15. The normalized spacial score (nSPS) is 14.9. The molecular weight excluding hydrogens is 780 g/mol. The van der Waals surface area contributed by atoms with E-state index in [1.165, 1.54) is 47.5 Å². The van der Waals surface area contributed by atoms with E-state index in [4.69, 9.17) is 26.4 Å². The van der Waals surface area contributed by atoms with Crippen LogP contribution in [0.5, 0.6) is 0 Å². The maximum atomic E-state index is 10.8. The Morgan fingerprint density at radius 1 is 0.621 bits per heavy atom. The summed E-state index contributed by atoms with van der Waals surface area (Å²) in [5, 5.41) is 17.8. The van der Waals surface area contributed by atoms with E-state index in [0.29, 0.717) is 12.8 Å². The van der Waals surface area contributed by atoms with Gasteiger partial charge in [-0.25, -0.2) is 9.59 Å². The second-order valence-corrected chi connectivity index (χ2v) is 11.1. The molecule has 2 saturated heterocycles. The largest absolute Gasteiger partial charge is 0.508 e. The molecule has 0 aromatic carbocycles. The summed E-state index contributed by atoms with van der Waals surface area (Å²) in [6, 6.07) is 0. The summed E-state index contributed by atoms with van der Waals surface area (Å²) in [6.07, 6.45) is -0.313. The topological polar surface area (TPSA) is 321 Å². The van der Waals surface area contributed by atoms with Crippen molar-refractivity contribution in [3.63, 3.8) is 0 Å². The molecule has 342 valence electrons. The van der Waals surface area contributed by atoms with Crippen LogP contribution in [0.25, 0.3) is 0 Å². The van der Waals surface area contributed by atoms with Crippen LogP contribution >= 0.6 is 0 Å². The summed E-state index contributed by atoms with van der Waals surface area (Å²) in [5.41, 5.74) is 9.69. The molecule has 0 aromatic heterocycles. The number of aliphatic hydroxyl groups excluding tert-OH is 2. The standard InChI is InChI=1S/C9H16O5.C7H12O5.2C6H8O5.C4H10.2C2H7N/c1-3-4-9(12)14-6-8(11)5-13-7(2)10;1-5(9)11-4-7(3-8)12-6(2)10;2*1-4(7)9-2-5-3-10-6(8)11-5;1-3-4-2;2*1-2-3/h8,11H,3-6H2,1-2H3;7-8H,3-4H2,1-2H3;2*5H,2-3H2,1H3;3-4H2,1-2H3;2*2-3H2,1H3. The summed E-state index contributed by atoms with van der Waals surface area (Å²) >= 11 is 0. The Hall–Kier alpha value is -4.80. The second kappa shape index (κ2) is 44.9. The zero-order valence-corrected chi connectivity index (χ0v) is 35.6. The molecule has 0 amide bonds. The summed E-state index contributed by atoms with van der Waals surface area (Å²) < 4.78 is 45.5. The van der Waals surface area contributed by atoms with Crippen LogP contribution in [-0.2, 0) is 76.1 Å². The van der Waals surface area contributed by atoms with Crippen molar-refractivity contribution in [3.05, 3.63) is 0 Å². The Labute approximate surface area is 340 Å². The molecule has 2 aliphatic heterocycles. The van der Waals surface area contributed by atoms with Gasteiger partial charge < -0.3 is 69.0 Å². The fourth-order valence-electron chi connectivity index (χ4n) is 2.61. The lowest BCUT2D eigenvalue weighted by Crippen LogP contribution is -2.26. The maximum Gasteiger partial charge on any atom is 0.508 e. The van der Waals surface area contributed by atoms with Crippen LogP contribution in [0.1, 0.15) is 94.9 Å². The lowest BCUT2D eigenvalue weighted by atomic mass is 10.3. The monoisotopic (exact) mass is 848 g/mol. The molecule has 2 fully saturated rings. The van der Waals surface area contributed by atoms with E-state index in [1.54, 1.807) is 0 Å². The Balaban J connectivity index is -0.000000200. The molecule has 0 bridgehead atoms. The van der Waals surface area contributed by atoms with Gasteiger partial charge in [0.25, 0.3) is 0 Å². The van der Waals surface area contributed by atoms with Crippen LogP contribution in [0, 0.1) is 0 Å². The van der Waals surface area contributed by atoms with Crippen molar-refractivity contribution in [2.45, 2.75) is 119 Å². The number of hydrogen-bond acceptors (Lipinski definition) is 22. The van der Waals surface area contributed by atoms with Gasteiger partial charge in [0.2, 0.25) is 0 Å². The molecule has 2 aliphatic rings. The van der Waals surface area contributed by atoms with Crippen molar-refractivity contribution in [3.8, 4) is 0 Å². The highest BCUT2D eigenvalue weighted by atomic mass is 16.8. The fourth-order valence-corrected chi connectivity index (χ4v) is 2.61. The molecule has 0 aromatic rings. The van der Waals surface area contributed by atoms with Gasteiger partial charge in [-0.2, -0.15) is 0 Å². The molecule has 2 rings (SSSR count). The number of aliphatic hydroxyl groups is 2. The summed E-state index contributed by atoms with van der Waals surface area (Å²) in [5.74, 6) is -2.60. The molecule has 0 radical (unpaired) electrons. The number of hydrogen-bond donors (Lipinski definition) is 4. The van der Waals surface area contributed by atoms with E-state index in [1.807, 2.05) is 20.8 Å². The number of cyclic esters (lactones) is 4. The third-order valence-electron chi connectivity index (χ3n) is 5.12. The second-order valence-electron chi connectivity index (χ2n) is 11.1. The lowest BCUT2D eigenvalue weighted by molar-refractivity contribution is -0.158. The van der Waals surface area contributed by atoms with Gasteiger partial charge in [0.05, 0.1) is 6.61 Å². The molecule has 2 heterocycles. The number of carbonyl (C=O) groups excluding carboxylic acids is 8. The minimum Gasteiger partial charge on any atom is -0.463 e. The molecule has 4 unspecified atom stereocenters. The third kappa shape index (κ3) is 55.5. The van der Waals surface area contributed by atoms with Gasteiger partial charge in [-0.15, -0.1) is 0 Å². The lowest BCUT2D eigenvalue weighted by Gasteiger charge is -2.13. The Kier molecular flexibility index (Phi) is 48.3. The first kappa shape index (κ1) is 62.4. The number of carbonyl (C=O) groups is 8. The molecule has 22 heteroatoms. The minimum absolute atomic E-state index is 0.0705. The van der Waals surface area contributed by atoms with Crippen LogP contribution in [0.3, 0.4) is 0 Å². The average Bonchev–Trinajstić information content (AvgIpc) is 3.78.